The highest BCUT2D eigenvalue weighted by Crippen LogP contribution is 2.20. The average Bonchev–Trinajstić information content (AvgIpc) is 2.24. The van der Waals surface area contributed by atoms with Crippen molar-refractivity contribution in [2.75, 3.05) is 17.5 Å². The van der Waals surface area contributed by atoms with Crippen molar-refractivity contribution in [2.24, 2.45) is 5.73 Å². The summed E-state index contributed by atoms with van der Waals surface area (Å²) in [6.07, 6.45) is 1.91. The van der Waals surface area contributed by atoms with Crippen LogP contribution in [0.4, 0.5) is 5.69 Å². The molecule has 0 aliphatic heterocycles. The van der Waals surface area contributed by atoms with Gasteiger partial charge >= 0.3 is 0 Å². The van der Waals surface area contributed by atoms with Crippen LogP contribution in [0, 0.1) is 0 Å². The summed E-state index contributed by atoms with van der Waals surface area (Å²) in [5, 5.41) is 9.78. The molecule has 17 heavy (non-hydrogen) atoms. The van der Waals surface area contributed by atoms with Crippen LogP contribution in [0.15, 0.2) is 24.3 Å². The molecule has 1 aromatic carbocycles. The maximum Gasteiger partial charge on any atom is 0.229 e. The minimum atomic E-state index is -3.25. The van der Waals surface area contributed by atoms with E-state index < -0.39 is 16.1 Å². The van der Waals surface area contributed by atoms with Crippen LogP contribution in [0.2, 0.25) is 0 Å². The Morgan fingerprint density at radius 1 is 1.35 bits per heavy atom. The van der Waals surface area contributed by atoms with Gasteiger partial charge in [-0.3, -0.25) is 4.72 Å². The number of rotatable bonds is 6. The first-order chi connectivity index (χ1) is 7.92. The SMILES string of the molecule is CS(=O)(=O)Nc1ccc(C(O)CCCN)cc1. The molecule has 1 aromatic rings. The Hall–Kier alpha value is -1.11. The van der Waals surface area contributed by atoms with Gasteiger partial charge in [-0.05, 0) is 37.1 Å². The molecule has 5 nitrogen and oxygen atoms in total. The first-order valence-electron chi connectivity index (χ1n) is 5.38. The fourth-order valence-electron chi connectivity index (χ4n) is 1.47. The van der Waals surface area contributed by atoms with Crippen LogP contribution in [-0.2, 0) is 10.0 Å². The van der Waals surface area contributed by atoms with Crippen molar-refractivity contribution in [3.63, 3.8) is 0 Å². The normalized spacial score (nSPS) is 13.4. The molecule has 1 atom stereocenters. The lowest BCUT2D eigenvalue weighted by molar-refractivity contribution is 0.165. The predicted octanol–water partition coefficient (Wildman–Crippen LogP) is 0.830. The number of aliphatic hydroxyl groups is 1. The Morgan fingerprint density at radius 2 is 1.94 bits per heavy atom. The lowest BCUT2D eigenvalue weighted by atomic mass is 10.0. The fourth-order valence-corrected chi connectivity index (χ4v) is 2.03. The maximum absolute atomic E-state index is 11.0. The lowest BCUT2D eigenvalue weighted by Gasteiger charge is -2.11. The summed E-state index contributed by atoms with van der Waals surface area (Å²) in [5.74, 6) is 0. The van der Waals surface area contributed by atoms with E-state index in [-0.39, 0.29) is 0 Å². The van der Waals surface area contributed by atoms with E-state index in [4.69, 9.17) is 5.73 Å². The summed E-state index contributed by atoms with van der Waals surface area (Å²) in [6.45, 7) is 0.546. The number of hydrogen-bond acceptors (Lipinski definition) is 4. The molecule has 6 heteroatoms. The third kappa shape index (κ3) is 5.16. The van der Waals surface area contributed by atoms with E-state index in [1.165, 1.54) is 0 Å². The Morgan fingerprint density at radius 3 is 2.41 bits per heavy atom. The molecule has 0 bridgehead atoms. The summed E-state index contributed by atoms with van der Waals surface area (Å²) in [5.41, 5.74) is 6.61. The molecular formula is C11H18N2O3S. The predicted molar refractivity (Wildman–Crippen MR) is 68.2 cm³/mol. The van der Waals surface area contributed by atoms with Gasteiger partial charge in [0.1, 0.15) is 0 Å². The zero-order chi connectivity index (χ0) is 12.9. The third-order valence-electron chi connectivity index (χ3n) is 2.28. The van der Waals surface area contributed by atoms with E-state index in [1.54, 1.807) is 24.3 Å². The first-order valence-corrected chi connectivity index (χ1v) is 7.27. The molecule has 0 amide bonds. The van der Waals surface area contributed by atoms with E-state index in [0.717, 1.165) is 18.2 Å². The highest BCUT2D eigenvalue weighted by molar-refractivity contribution is 7.92. The van der Waals surface area contributed by atoms with Crippen LogP contribution in [0.1, 0.15) is 24.5 Å². The quantitative estimate of drug-likeness (QED) is 0.704. The highest BCUT2D eigenvalue weighted by Gasteiger charge is 2.07. The van der Waals surface area contributed by atoms with E-state index in [9.17, 15) is 13.5 Å². The number of benzene rings is 1. The lowest BCUT2D eigenvalue weighted by Crippen LogP contribution is -2.09. The summed E-state index contributed by atoms with van der Waals surface area (Å²) < 4.78 is 24.3. The van der Waals surface area contributed by atoms with Crippen molar-refractivity contribution in [1.29, 1.82) is 0 Å². The van der Waals surface area contributed by atoms with Crippen LogP contribution in [0.3, 0.4) is 0 Å². The van der Waals surface area contributed by atoms with Gasteiger partial charge in [-0.2, -0.15) is 0 Å². The minimum absolute atomic E-state index is 0.488. The molecule has 0 aliphatic rings. The second-order valence-electron chi connectivity index (χ2n) is 3.94. The van der Waals surface area contributed by atoms with Gasteiger partial charge in [0.05, 0.1) is 12.4 Å². The summed E-state index contributed by atoms with van der Waals surface area (Å²) >= 11 is 0. The first kappa shape index (κ1) is 14.0. The number of sulfonamides is 1. The van der Waals surface area contributed by atoms with Gasteiger partial charge in [0.2, 0.25) is 10.0 Å². The third-order valence-corrected chi connectivity index (χ3v) is 2.89. The molecule has 0 aromatic heterocycles. The molecule has 0 radical (unpaired) electrons. The smallest absolute Gasteiger partial charge is 0.229 e. The van der Waals surface area contributed by atoms with E-state index in [0.29, 0.717) is 18.7 Å². The van der Waals surface area contributed by atoms with Gasteiger partial charge in [0.15, 0.2) is 0 Å². The molecule has 0 saturated heterocycles. The largest absolute Gasteiger partial charge is 0.388 e. The zero-order valence-electron chi connectivity index (χ0n) is 9.76. The maximum atomic E-state index is 11.0. The zero-order valence-corrected chi connectivity index (χ0v) is 10.6. The van der Waals surface area contributed by atoms with Crippen LogP contribution >= 0.6 is 0 Å². The van der Waals surface area contributed by atoms with Crippen molar-refractivity contribution in [3.8, 4) is 0 Å². The molecule has 1 rings (SSSR count). The number of hydrogen-bond donors (Lipinski definition) is 3. The molecular weight excluding hydrogens is 240 g/mol. The van der Waals surface area contributed by atoms with Crippen molar-refractivity contribution >= 4 is 15.7 Å². The Kier molecular flexibility index (Phi) is 4.92. The van der Waals surface area contributed by atoms with E-state index in [2.05, 4.69) is 4.72 Å². The van der Waals surface area contributed by atoms with Crippen molar-refractivity contribution in [2.45, 2.75) is 18.9 Å². The molecule has 96 valence electrons. The minimum Gasteiger partial charge on any atom is -0.388 e. The average molecular weight is 258 g/mol. The van der Waals surface area contributed by atoms with Gasteiger partial charge in [-0.25, -0.2) is 8.42 Å². The van der Waals surface area contributed by atoms with E-state index in [1.807, 2.05) is 0 Å². The molecule has 0 saturated carbocycles. The van der Waals surface area contributed by atoms with Crippen LogP contribution in [-0.4, -0.2) is 26.3 Å². The molecule has 0 spiro atoms. The molecule has 0 heterocycles. The Labute approximate surface area is 102 Å². The van der Waals surface area contributed by atoms with Gasteiger partial charge in [0, 0.05) is 5.69 Å². The Balaban J connectivity index is 2.67. The van der Waals surface area contributed by atoms with Gasteiger partial charge in [-0.1, -0.05) is 12.1 Å². The van der Waals surface area contributed by atoms with Gasteiger partial charge < -0.3 is 10.8 Å². The molecule has 1 unspecified atom stereocenters. The second-order valence-corrected chi connectivity index (χ2v) is 5.69. The summed E-state index contributed by atoms with van der Waals surface area (Å²) in [6, 6.07) is 6.66. The van der Waals surface area contributed by atoms with Crippen LogP contribution in [0.25, 0.3) is 0 Å². The monoisotopic (exact) mass is 258 g/mol. The summed E-state index contributed by atoms with van der Waals surface area (Å²) in [4.78, 5) is 0. The fraction of sp³-hybridized carbons (Fsp3) is 0.455. The van der Waals surface area contributed by atoms with Crippen molar-refractivity contribution in [3.05, 3.63) is 29.8 Å². The number of nitrogens with one attached hydrogen (secondary N) is 1. The van der Waals surface area contributed by atoms with Gasteiger partial charge in [-0.15, -0.1) is 0 Å². The number of nitrogens with two attached hydrogens (primary N) is 1. The standard InChI is InChI=1S/C11H18N2O3S/c1-17(15,16)13-10-6-4-9(5-7-10)11(14)3-2-8-12/h4-7,11,13-14H,2-3,8,12H2,1H3. The number of aliphatic hydroxyl groups excluding tert-OH is 1. The highest BCUT2D eigenvalue weighted by atomic mass is 32.2. The molecule has 0 fully saturated rings. The van der Waals surface area contributed by atoms with E-state index >= 15 is 0 Å². The van der Waals surface area contributed by atoms with Crippen LogP contribution < -0.4 is 10.5 Å². The topological polar surface area (TPSA) is 92.4 Å². The molecule has 4 N–H and O–H groups in total. The van der Waals surface area contributed by atoms with Crippen molar-refractivity contribution < 1.29 is 13.5 Å². The van der Waals surface area contributed by atoms with Crippen LogP contribution in [0.5, 0.6) is 0 Å². The van der Waals surface area contributed by atoms with Crippen molar-refractivity contribution in [1.82, 2.24) is 0 Å². The number of anilines is 1. The second kappa shape index (κ2) is 6.00. The van der Waals surface area contributed by atoms with Gasteiger partial charge in [0.25, 0.3) is 0 Å². The molecule has 0 aliphatic carbocycles. The summed E-state index contributed by atoms with van der Waals surface area (Å²) in [7, 11) is -3.25. The Bertz CT molecular complexity index is 442.